The Kier molecular flexibility index (Phi) is 4.65. The fraction of sp³-hybridized carbons (Fsp3) is 0.400. The summed E-state index contributed by atoms with van der Waals surface area (Å²) in [4.78, 5) is 21.1. The number of urea groups is 1. The molecule has 0 spiro atoms. The molecule has 2 heterocycles. The lowest BCUT2D eigenvalue weighted by molar-refractivity contribution is -0.139. The van der Waals surface area contributed by atoms with Gasteiger partial charge in [0, 0.05) is 6.54 Å². The van der Waals surface area contributed by atoms with E-state index < -0.39 is 0 Å². The van der Waals surface area contributed by atoms with E-state index in [-0.39, 0.29) is 6.03 Å². The van der Waals surface area contributed by atoms with E-state index in [1.165, 1.54) is 11.4 Å². The molecular weight excluding hydrogens is 282 g/mol. The molecule has 1 aromatic heterocycles. The van der Waals surface area contributed by atoms with Crippen LogP contribution >= 0.6 is 0 Å². The predicted octanol–water partition coefficient (Wildman–Crippen LogP) is 1.56. The number of benzene rings is 1. The van der Waals surface area contributed by atoms with Gasteiger partial charge in [0.2, 0.25) is 0 Å². The quantitative estimate of drug-likeness (QED) is 0.930. The fourth-order valence-corrected chi connectivity index (χ4v) is 2.29. The van der Waals surface area contributed by atoms with E-state index in [2.05, 4.69) is 15.4 Å². The van der Waals surface area contributed by atoms with Gasteiger partial charge in [-0.2, -0.15) is 5.10 Å². The van der Waals surface area contributed by atoms with E-state index >= 15 is 0 Å². The van der Waals surface area contributed by atoms with Gasteiger partial charge >= 0.3 is 6.03 Å². The van der Waals surface area contributed by atoms with Crippen LogP contribution in [0.4, 0.5) is 4.79 Å². The van der Waals surface area contributed by atoms with Crippen LogP contribution in [0, 0.1) is 0 Å². The second-order valence-electron chi connectivity index (χ2n) is 5.21. The van der Waals surface area contributed by atoms with Crippen molar-refractivity contribution in [2.45, 2.75) is 25.9 Å². The first kappa shape index (κ1) is 14.5. The third-order valence-electron chi connectivity index (χ3n) is 3.51. The molecule has 1 saturated heterocycles. The first-order chi connectivity index (χ1) is 10.8. The highest BCUT2D eigenvalue weighted by molar-refractivity contribution is 5.73. The topological polar surface area (TPSA) is 72.3 Å². The summed E-state index contributed by atoms with van der Waals surface area (Å²) in [6.45, 7) is 2.45. The van der Waals surface area contributed by atoms with Crippen molar-refractivity contribution in [3.8, 4) is 0 Å². The molecule has 0 unspecified atom stereocenters. The van der Waals surface area contributed by atoms with Crippen LogP contribution in [0.1, 0.15) is 24.0 Å². The lowest BCUT2D eigenvalue weighted by Crippen LogP contribution is -2.42. The number of hydroxylamine groups is 2. The molecule has 3 rings (SSSR count). The van der Waals surface area contributed by atoms with Crippen molar-refractivity contribution in [1.82, 2.24) is 25.1 Å². The molecule has 116 valence electrons. The summed E-state index contributed by atoms with van der Waals surface area (Å²) < 4.78 is 1.77. The highest BCUT2D eigenvalue weighted by Crippen LogP contribution is 2.08. The van der Waals surface area contributed by atoms with Gasteiger partial charge in [-0.1, -0.05) is 24.3 Å². The first-order valence-electron chi connectivity index (χ1n) is 7.40. The van der Waals surface area contributed by atoms with Crippen molar-refractivity contribution in [2.75, 3.05) is 13.2 Å². The average Bonchev–Trinajstić information content (AvgIpc) is 3.08. The van der Waals surface area contributed by atoms with E-state index in [0.717, 1.165) is 24.0 Å². The Morgan fingerprint density at radius 2 is 2.05 bits per heavy atom. The number of aromatic nitrogens is 3. The minimum Gasteiger partial charge on any atom is -0.332 e. The molecule has 2 amide bonds. The van der Waals surface area contributed by atoms with Gasteiger partial charge in [0.1, 0.15) is 12.7 Å². The normalized spacial score (nSPS) is 14.8. The third-order valence-corrected chi connectivity index (χ3v) is 3.51. The largest absolute Gasteiger partial charge is 0.341 e. The van der Waals surface area contributed by atoms with Crippen LogP contribution in [0.15, 0.2) is 36.9 Å². The number of carbonyl (C=O) groups is 1. The molecule has 7 heteroatoms. The maximum absolute atomic E-state index is 11.9. The molecule has 1 aromatic carbocycles. The average molecular weight is 301 g/mol. The van der Waals surface area contributed by atoms with Crippen molar-refractivity contribution in [3.05, 3.63) is 48.0 Å². The fourth-order valence-electron chi connectivity index (χ4n) is 2.29. The Labute approximate surface area is 128 Å². The van der Waals surface area contributed by atoms with Gasteiger partial charge in [0.05, 0.1) is 19.7 Å². The molecule has 0 atom stereocenters. The summed E-state index contributed by atoms with van der Waals surface area (Å²) >= 11 is 0. The smallest absolute Gasteiger partial charge is 0.332 e. The van der Waals surface area contributed by atoms with E-state index in [4.69, 9.17) is 4.84 Å². The van der Waals surface area contributed by atoms with Crippen molar-refractivity contribution in [3.63, 3.8) is 0 Å². The second kappa shape index (κ2) is 7.04. The summed E-state index contributed by atoms with van der Waals surface area (Å²) in [5, 5.41) is 8.35. The molecule has 1 N–H and O–H groups in total. The van der Waals surface area contributed by atoms with Gasteiger partial charge in [-0.25, -0.2) is 19.5 Å². The SMILES string of the molecule is O=C(NCc1ccc(Cn2cncn2)cc1)N1CCCCO1. The van der Waals surface area contributed by atoms with E-state index in [0.29, 0.717) is 26.2 Å². The van der Waals surface area contributed by atoms with Crippen molar-refractivity contribution < 1.29 is 9.63 Å². The van der Waals surface area contributed by atoms with Crippen molar-refractivity contribution in [2.24, 2.45) is 0 Å². The molecule has 1 fully saturated rings. The molecule has 0 radical (unpaired) electrons. The van der Waals surface area contributed by atoms with Gasteiger partial charge in [-0.15, -0.1) is 0 Å². The van der Waals surface area contributed by atoms with Crippen LogP contribution in [-0.2, 0) is 17.9 Å². The summed E-state index contributed by atoms with van der Waals surface area (Å²) in [6.07, 6.45) is 5.21. The summed E-state index contributed by atoms with van der Waals surface area (Å²) in [5.74, 6) is 0. The first-order valence-corrected chi connectivity index (χ1v) is 7.40. The predicted molar refractivity (Wildman–Crippen MR) is 79.7 cm³/mol. The monoisotopic (exact) mass is 301 g/mol. The Balaban J connectivity index is 1.49. The maximum Gasteiger partial charge on any atom is 0.341 e. The third kappa shape index (κ3) is 3.82. The van der Waals surface area contributed by atoms with Crippen molar-refractivity contribution >= 4 is 6.03 Å². The molecule has 0 saturated carbocycles. The number of nitrogens with zero attached hydrogens (tertiary/aromatic N) is 4. The zero-order valence-corrected chi connectivity index (χ0v) is 12.3. The second-order valence-corrected chi connectivity index (χ2v) is 5.21. The number of hydrogen-bond acceptors (Lipinski definition) is 4. The minimum absolute atomic E-state index is 0.175. The zero-order chi connectivity index (χ0) is 15.2. The summed E-state index contributed by atoms with van der Waals surface area (Å²) in [7, 11) is 0. The van der Waals surface area contributed by atoms with E-state index in [1.54, 1.807) is 11.0 Å². The molecule has 22 heavy (non-hydrogen) atoms. The highest BCUT2D eigenvalue weighted by Gasteiger charge is 2.16. The molecule has 0 aliphatic carbocycles. The van der Waals surface area contributed by atoms with Gasteiger partial charge in [-0.05, 0) is 24.0 Å². The molecule has 2 aromatic rings. The van der Waals surface area contributed by atoms with Crippen LogP contribution in [0.3, 0.4) is 0 Å². The number of nitrogens with one attached hydrogen (secondary N) is 1. The van der Waals surface area contributed by atoms with Crippen LogP contribution in [0.5, 0.6) is 0 Å². The van der Waals surface area contributed by atoms with Crippen LogP contribution in [0.2, 0.25) is 0 Å². The molecular formula is C15H19N5O2. The molecule has 1 aliphatic rings. The molecule has 0 bridgehead atoms. The number of rotatable bonds is 4. The van der Waals surface area contributed by atoms with Gasteiger partial charge in [-0.3, -0.25) is 4.84 Å². The van der Waals surface area contributed by atoms with Crippen LogP contribution in [0.25, 0.3) is 0 Å². The van der Waals surface area contributed by atoms with Gasteiger partial charge in [0.15, 0.2) is 0 Å². The van der Waals surface area contributed by atoms with Gasteiger partial charge < -0.3 is 5.32 Å². The molecule has 7 nitrogen and oxygen atoms in total. The minimum atomic E-state index is -0.175. The maximum atomic E-state index is 11.9. The standard InChI is InChI=1S/C15H19N5O2/c21-15(20-7-1-2-8-22-20)17-9-13-3-5-14(6-4-13)10-19-12-16-11-18-19/h3-6,11-12H,1-2,7-10H2,(H,17,21). The summed E-state index contributed by atoms with van der Waals surface area (Å²) in [6, 6.07) is 7.89. The number of hydrogen-bond donors (Lipinski definition) is 1. The summed E-state index contributed by atoms with van der Waals surface area (Å²) in [5.41, 5.74) is 2.19. The van der Waals surface area contributed by atoms with Crippen LogP contribution < -0.4 is 5.32 Å². The number of amides is 2. The Bertz CT molecular complexity index is 591. The Hall–Kier alpha value is -2.41. The van der Waals surface area contributed by atoms with E-state index in [9.17, 15) is 4.79 Å². The molecule has 1 aliphatic heterocycles. The number of carbonyl (C=O) groups excluding carboxylic acids is 1. The van der Waals surface area contributed by atoms with Gasteiger partial charge in [0.25, 0.3) is 0 Å². The lowest BCUT2D eigenvalue weighted by atomic mass is 10.1. The van der Waals surface area contributed by atoms with Crippen molar-refractivity contribution in [1.29, 1.82) is 0 Å². The van der Waals surface area contributed by atoms with Crippen LogP contribution in [-0.4, -0.2) is 39.0 Å². The van der Waals surface area contributed by atoms with E-state index in [1.807, 2.05) is 24.3 Å². The zero-order valence-electron chi connectivity index (χ0n) is 12.3. The Morgan fingerprint density at radius 1 is 1.23 bits per heavy atom. The lowest BCUT2D eigenvalue weighted by Gasteiger charge is -2.25. The Morgan fingerprint density at radius 3 is 2.73 bits per heavy atom. The highest BCUT2D eigenvalue weighted by atomic mass is 16.7.